The van der Waals surface area contributed by atoms with Crippen molar-refractivity contribution in [3.63, 3.8) is 0 Å². The summed E-state index contributed by atoms with van der Waals surface area (Å²) in [5.74, 6) is 0. The Morgan fingerprint density at radius 3 is 1.60 bits per heavy atom. The molecular weight excluding hydrogens is 99.1 g/mol. The predicted octanol–water partition coefficient (Wildman–Crippen LogP) is 1.54. The molecule has 0 fully saturated rings. The molecule has 0 atom stereocenters. The van der Waals surface area contributed by atoms with Crippen molar-refractivity contribution in [3.8, 4) is 0 Å². The molecule has 0 aliphatic rings. The van der Waals surface area contributed by atoms with Crippen LogP contribution in [0.2, 0.25) is 0 Å². The fourth-order valence-electron chi connectivity index (χ4n) is 0. The Kier molecular flexibility index (Phi) is 1.58. The lowest BCUT2D eigenvalue weighted by atomic mass is 11.9. The lowest BCUT2D eigenvalue weighted by Gasteiger charge is -1.94. The third-order valence-corrected chi connectivity index (χ3v) is 0. The quantitative estimate of drug-likeness (QED) is 0.353. The molecular formula is C3H9PS. The minimum atomic E-state index is -0.944. The van der Waals surface area contributed by atoms with Gasteiger partial charge in [-0.1, -0.05) is 12.4 Å². The van der Waals surface area contributed by atoms with Gasteiger partial charge in [-0.25, -0.2) is 0 Å². The summed E-state index contributed by atoms with van der Waals surface area (Å²) in [5, 5.41) is 0. The second-order valence-electron chi connectivity index (χ2n) is 1.62. The zero-order valence-electron chi connectivity index (χ0n) is 3.60. The number of rotatable bonds is 0. The molecule has 0 radical (unpaired) electrons. The molecule has 0 unspecified atom stereocenters. The van der Waals surface area contributed by atoms with Gasteiger partial charge in [-0.2, -0.15) is 12.2 Å². The minimum absolute atomic E-state index is 0.944. The highest BCUT2D eigenvalue weighted by Gasteiger charge is 1.80. The smallest absolute Gasteiger partial charge is 0.0369 e. The SMILES string of the molecule is C=P(C)(C)S. The van der Waals surface area contributed by atoms with Gasteiger partial charge in [0, 0.05) is 0 Å². The van der Waals surface area contributed by atoms with Crippen molar-refractivity contribution in [2.24, 2.45) is 0 Å². The van der Waals surface area contributed by atoms with Gasteiger partial charge in [0.1, 0.15) is 0 Å². The number of hydrogen-bond acceptors (Lipinski definition) is 1. The Hall–Kier alpha value is 0.650. The summed E-state index contributed by atoms with van der Waals surface area (Å²) < 4.78 is 0. The van der Waals surface area contributed by atoms with E-state index in [-0.39, 0.29) is 0 Å². The predicted molar refractivity (Wildman–Crippen MR) is 34.9 cm³/mol. The molecule has 0 aliphatic heterocycles. The first-order valence-corrected chi connectivity index (χ1v) is 5.43. The molecule has 0 rings (SSSR count). The summed E-state index contributed by atoms with van der Waals surface area (Å²) in [7, 11) is 0. The molecule has 0 saturated carbocycles. The van der Waals surface area contributed by atoms with E-state index in [1.165, 1.54) is 0 Å². The lowest BCUT2D eigenvalue weighted by molar-refractivity contribution is 2.29. The van der Waals surface area contributed by atoms with Crippen molar-refractivity contribution in [1.82, 2.24) is 0 Å². The molecule has 0 aromatic carbocycles. The highest BCUT2D eigenvalue weighted by Crippen LogP contribution is 2.39. The molecule has 32 valence electrons. The maximum Gasteiger partial charge on any atom is -0.0369 e. The van der Waals surface area contributed by atoms with Crippen molar-refractivity contribution in [1.29, 1.82) is 0 Å². The molecule has 0 aliphatic carbocycles. The lowest BCUT2D eigenvalue weighted by Crippen LogP contribution is -1.52. The number of thiol groups is 1. The maximum absolute atomic E-state index is 4.12. The van der Waals surface area contributed by atoms with Gasteiger partial charge < -0.3 is 0 Å². The van der Waals surface area contributed by atoms with Crippen LogP contribution in [-0.4, -0.2) is 19.6 Å². The van der Waals surface area contributed by atoms with Gasteiger partial charge in [0.25, 0.3) is 0 Å². The molecule has 0 amide bonds. The third-order valence-electron chi connectivity index (χ3n) is 0. The molecule has 2 heteroatoms. The summed E-state index contributed by atoms with van der Waals surface area (Å²) in [6, 6.07) is 0. The van der Waals surface area contributed by atoms with Gasteiger partial charge in [0.05, 0.1) is 0 Å². The monoisotopic (exact) mass is 108 g/mol. The van der Waals surface area contributed by atoms with Crippen LogP contribution in [0.15, 0.2) is 0 Å². The van der Waals surface area contributed by atoms with Gasteiger partial charge in [0.15, 0.2) is 0 Å². The summed E-state index contributed by atoms with van der Waals surface area (Å²) in [6.07, 6.45) is 2.80. The largest absolute Gasteiger partial charge is 0.153 e. The molecule has 0 heterocycles. The van der Waals surface area contributed by atoms with E-state index in [2.05, 4.69) is 31.9 Å². The average Bonchev–Trinajstić information content (AvgIpc) is 0.722. The van der Waals surface area contributed by atoms with E-state index < -0.39 is 6.09 Å². The Balaban J connectivity index is 3.47. The average molecular weight is 108 g/mol. The highest BCUT2D eigenvalue weighted by molar-refractivity contribution is 8.51. The van der Waals surface area contributed by atoms with Crippen LogP contribution < -0.4 is 0 Å². The zero-order chi connectivity index (χ0) is 4.50. The van der Waals surface area contributed by atoms with Gasteiger partial charge in [-0.15, -0.1) is 0 Å². The first-order valence-electron chi connectivity index (χ1n) is 1.41. The van der Waals surface area contributed by atoms with Crippen LogP contribution >= 0.6 is 18.3 Å². The fraction of sp³-hybridized carbons (Fsp3) is 0.667. The normalized spacial score (nSPS) is 11.8. The molecule has 0 saturated heterocycles. The van der Waals surface area contributed by atoms with Crippen LogP contribution in [0.5, 0.6) is 0 Å². The zero-order valence-corrected chi connectivity index (χ0v) is 5.39. The molecule has 0 aromatic heterocycles. The van der Waals surface area contributed by atoms with Crippen molar-refractivity contribution in [3.05, 3.63) is 0 Å². The van der Waals surface area contributed by atoms with Crippen LogP contribution in [0.25, 0.3) is 0 Å². The van der Waals surface area contributed by atoms with Gasteiger partial charge in [0.2, 0.25) is 0 Å². The summed E-state index contributed by atoms with van der Waals surface area (Å²) in [5.41, 5.74) is 0. The molecule has 0 aromatic rings. The second-order valence-corrected chi connectivity index (χ2v) is 8.11. The van der Waals surface area contributed by atoms with Crippen LogP contribution in [-0.2, 0) is 0 Å². The highest BCUT2D eigenvalue weighted by atomic mass is 32.7. The molecule has 0 N–H and O–H groups in total. The molecule has 0 bridgehead atoms. The van der Waals surface area contributed by atoms with Crippen molar-refractivity contribution in [2.45, 2.75) is 0 Å². The van der Waals surface area contributed by atoms with E-state index in [4.69, 9.17) is 0 Å². The van der Waals surface area contributed by atoms with Crippen molar-refractivity contribution in [2.75, 3.05) is 13.3 Å². The van der Waals surface area contributed by atoms with Crippen LogP contribution in [0.1, 0.15) is 0 Å². The van der Waals surface area contributed by atoms with E-state index in [9.17, 15) is 0 Å². The third kappa shape index (κ3) is 77.3. The molecule has 0 nitrogen and oxygen atoms in total. The van der Waals surface area contributed by atoms with Gasteiger partial charge in [-0.3, -0.25) is 0 Å². The number of hydrogen-bond donors (Lipinski definition) is 1. The standard InChI is InChI=1S/C3H9PS/c1-4(2,3)5/h5H,1H2,2-3H3. The van der Waals surface area contributed by atoms with E-state index in [1.807, 2.05) is 0 Å². The van der Waals surface area contributed by atoms with Crippen LogP contribution in [0.3, 0.4) is 0 Å². The van der Waals surface area contributed by atoms with E-state index in [0.29, 0.717) is 0 Å². The Morgan fingerprint density at radius 2 is 1.60 bits per heavy atom. The minimum Gasteiger partial charge on any atom is -0.153 e. The molecule has 0 spiro atoms. The van der Waals surface area contributed by atoms with Crippen molar-refractivity contribution < 1.29 is 0 Å². The summed E-state index contributed by atoms with van der Waals surface area (Å²) >= 11 is 4.12. The van der Waals surface area contributed by atoms with E-state index in [0.717, 1.165) is 0 Å². The van der Waals surface area contributed by atoms with E-state index >= 15 is 0 Å². The van der Waals surface area contributed by atoms with Crippen LogP contribution in [0.4, 0.5) is 0 Å². The van der Waals surface area contributed by atoms with Crippen LogP contribution in [0, 0.1) is 0 Å². The Morgan fingerprint density at radius 1 is 1.60 bits per heavy atom. The Bertz CT molecular complexity index is 53.0. The summed E-state index contributed by atoms with van der Waals surface area (Å²) in [4.78, 5) is 0. The molecule has 5 heavy (non-hydrogen) atoms. The first kappa shape index (κ1) is 5.65. The fourth-order valence-corrected chi connectivity index (χ4v) is 0. The topological polar surface area (TPSA) is 0 Å². The second kappa shape index (κ2) is 1.40. The summed E-state index contributed by atoms with van der Waals surface area (Å²) in [6.45, 7) is 4.10. The maximum atomic E-state index is 4.12. The van der Waals surface area contributed by atoms with Gasteiger partial charge >= 0.3 is 0 Å². The van der Waals surface area contributed by atoms with Gasteiger partial charge in [-0.05, 0) is 13.3 Å². The van der Waals surface area contributed by atoms with E-state index in [1.54, 1.807) is 0 Å². The Labute approximate surface area is 38.7 Å². The first-order chi connectivity index (χ1) is 2.00. The van der Waals surface area contributed by atoms with Crippen molar-refractivity contribution >= 4 is 24.6 Å².